The maximum Gasteiger partial charge on any atom is 0.255 e. The lowest BCUT2D eigenvalue weighted by Gasteiger charge is -2.21. The second-order valence-electron chi connectivity index (χ2n) is 6.49. The molecule has 3 rings (SSSR count). The van der Waals surface area contributed by atoms with Gasteiger partial charge >= 0.3 is 0 Å². The molecule has 1 fully saturated rings. The van der Waals surface area contributed by atoms with Crippen LogP contribution in [0.2, 0.25) is 0 Å². The molecule has 28 heavy (non-hydrogen) atoms. The van der Waals surface area contributed by atoms with E-state index in [1.807, 2.05) is 0 Å². The molecule has 1 atom stereocenters. The Kier molecular flexibility index (Phi) is 5.50. The number of hydrogen-bond acceptors (Lipinski definition) is 7. The molecule has 0 spiro atoms. The van der Waals surface area contributed by atoms with Crippen molar-refractivity contribution in [2.24, 2.45) is 0 Å². The fraction of sp³-hybridized carbons (Fsp3) is 0.278. The van der Waals surface area contributed by atoms with Gasteiger partial charge in [0.2, 0.25) is 10.0 Å². The number of hydrogen-bond donors (Lipinski definition) is 4. The maximum absolute atomic E-state index is 12.5. The van der Waals surface area contributed by atoms with Crippen LogP contribution in [-0.4, -0.2) is 40.6 Å². The third kappa shape index (κ3) is 4.58. The lowest BCUT2D eigenvalue weighted by atomic mass is 9.99. The number of carbonyl (C=O) groups is 2. The Morgan fingerprint density at radius 1 is 1.14 bits per heavy atom. The Bertz CT molecular complexity index is 1020. The number of aromatic nitrogens is 1. The number of nitrogens with one attached hydrogen (secondary N) is 2. The number of Topliss-reactive ketones (excluding diaryl/α,β-unsaturated/α-hetero) is 1. The van der Waals surface area contributed by atoms with Crippen LogP contribution in [0, 0.1) is 0 Å². The van der Waals surface area contributed by atoms with E-state index >= 15 is 0 Å². The number of amides is 1. The number of benzene rings is 1. The van der Waals surface area contributed by atoms with Crippen LogP contribution in [0.25, 0.3) is 0 Å². The summed E-state index contributed by atoms with van der Waals surface area (Å²) in [6.07, 6.45) is 2.57. The Morgan fingerprint density at radius 2 is 1.93 bits per heavy atom. The van der Waals surface area contributed by atoms with Crippen molar-refractivity contribution in [3.8, 4) is 11.5 Å². The topological polar surface area (TPSA) is 146 Å². The minimum atomic E-state index is -3.81. The van der Waals surface area contributed by atoms with Crippen LogP contribution in [0.3, 0.4) is 0 Å². The minimum absolute atomic E-state index is 0.0279. The van der Waals surface area contributed by atoms with Crippen molar-refractivity contribution >= 4 is 33.2 Å². The average Bonchev–Trinajstić information content (AvgIpc) is 2.64. The molecule has 148 valence electrons. The fourth-order valence-electron chi connectivity index (χ4n) is 2.91. The summed E-state index contributed by atoms with van der Waals surface area (Å²) < 4.78 is 27.3. The summed E-state index contributed by atoms with van der Waals surface area (Å²) in [6, 6.07) is 6.48. The van der Waals surface area contributed by atoms with Gasteiger partial charge in [-0.25, -0.2) is 13.4 Å². The van der Waals surface area contributed by atoms with Gasteiger partial charge in [0.25, 0.3) is 5.91 Å². The molecule has 0 saturated heterocycles. The molecule has 2 aromatic rings. The number of anilines is 2. The number of nitrogens with zero attached hydrogens (tertiary/aromatic N) is 1. The van der Waals surface area contributed by atoms with Gasteiger partial charge in [0.1, 0.15) is 11.6 Å². The van der Waals surface area contributed by atoms with Crippen molar-refractivity contribution in [3.05, 3.63) is 42.1 Å². The monoisotopic (exact) mass is 405 g/mol. The molecule has 1 aliphatic carbocycles. The zero-order chi connectivity index (χ0) is 20.3. The van der Waals surface area contributed by atoms with E-state index in [0.29, 0.717) is 19.3 Å². The van der Waals surface area contributed by atoms with Gasteiger partial charge in [0.05, 0.1) is 5.25 Å². The molecular weight excluding hydrogens is 386 g/mol. The van der Waals surface area contributed by atoms with Crippen molar-refractivity contribution in [1.82, 2.24) is 4.98 Å². The standard InChI is InChI=1S/C18H19N3O6S/c22-13-2-1-3-14(10-13)28(26,27)21-17-8-11(6-7-19-17)18(25)20-12-4-5-15(23)16(24)9-12/h4-9,14,23-24H,1-3,10H2,(H,19,21)(H,20,25). The average molecular weight is 405 g/mol. The van der Waals surface area contributed by atoms with E-state index in [0.717, 1.165) is 0 Å². The van der Waals surface area contributed by atoms with Gasteiger partial charge in [0, 0.05) is 36.4 Å². The largest absolute Gasteiger partial charge is 0.504 e. The first kappa shape index (κ1) is 19.6. The summed E-state index contributed by atoms with van der Waals surface area (Å²) in [5.41, 5.74) is 0.389. The first-order valence-corrected chi connectivity index (χ1v) is 10.1. The van der Waals surface area contributed by atoms with E-state index in [4.69, 9.17) is 0 Å². The van der Waals surface area contributed by atoms with Crippen LogP contribution in [-0.2, 0) is 14.8 Å². The van der Waals surface area contributed by atoms with Crippen LogP contribution in [0.5, 0.6) is 11.5 Å². The van der Waals surface area contributed by atoms with Crippen molar-refractivity contribution in [1.29, 1.82) is 0 Å². The molecule has 1 heterocycles. The molecule has 1 saturated carbocycles. The van der Waals surface area contributed by atoms with E-state index in [-0.39, 0.29) is 40.8 Å². The van der Waals surface area contributed by atoms with E-state index in [9.17, 15) is 28.2 Å². The van der Waals surface area contributed by atoms with Gasteiger partial charge in [-0.05, 0) is 37.1 Å². The van der Waals surface area contributed by atoms with Crippen LogP contribution < -0.4 is 10.0 Å². The molecule has 9 nitrogen and oxygen atoms in total. The normalized spacial score (nSPS) is 17.1. The van der Waals surface area contributed by atoms with E-state index in [1.54, 1.807) is 0 Å². The van der Waals surface area contributed by atoms with Crippen molar-refractivity contribution < 1.29 is 28.2 Å². The van der Waals surface area contributed by atoms with Crippen molar-refractivity contribution in [2.45, 2.75) is 30.9 Å². The summed E-state index contributed by atoms with van der Waals surface area (Å²) in [4.78, 5) is 27.8. The highest BCUT2D eigenvalue weighted by Crippen LogP contribution is 2.28. The lowest BCUT2D eigenvalue weighted by Crippen LogP contribution is -2.33. The van der Waals surface area contributed by atoms with E-state index < -0.39 is 21.2 Å². The Labute approximate surface area is 161 Å². The molecule has 10 heteroatoms. The molecule has 0 aliphatic heterocycles. The highest BCUT2D eigenvalue weighted by molar-refractivity contribution is 7.93. The minimum Gasteiger partial charge on any atom is -0.504 e. The molecule has 1 aliphatic rings. The highest BCUT2D eigenvalue weighted by Gasteiger charge is 2.31. The van der Waals surface area contributed by atoms with Gasteiger partial charge in [-0.1, -0.05) is 0 Å². The number of rotatable bonds is 5. The summed E-state index contributed by atoms with van der Waals surface area (Å²) in [5, 5.41) is 20.5. The number of pyridine rings is 1. The van der Waals surface area contributed by atoms with Crippen molar-refractivity contribution in [2.75, 3.05) is 10.0 Å². The third-order valence-corrected chi connectivity index (χ3v) is 6.15. The predicted octanol–water partition coefficient (Wildman–Crippen LogP) is 2.00. The van der Waals surface area contributed by atoms with Crippen LogP contribution in [0.15, 0.2) is 36.5 Å². The number of aromatic hydroxyl groups is 2. The second-order valence-corrected chi connectivity index (χ2v) is 8.45. The van der Waals surface area contributed by atoms with Gasteiger partial charge < -0.3 is 15.5 Å². The molecule has 0 bridgehead atoms. The first-order valence-electron chi connectivity index (χ1n) is 8.57. The predicted molar refractivity (Wildman–Crippen MR) is 102 cm³/mol. The molecule has 1 aromatic carbocycles. The molecule has 1 amide bonds. The van der Waals surface area contributed by atoms with Gasteiger partial charge in [0.15, 0.2) is 11.5 Å². The smallest absolute Gasteiger partial charge is 0.255 e. The van der Waals surface area contributed by atoms with Gasteiger partial charge in [-0.3, -0.25) is 14.3 Å². The Balaban J connectivity index is 1.73. The second kappa shape index (κ2) is 7.85. The molecule has 1 unspecified atom stereocenters. The SMILES string of the molecule is O=C1CCCC(S(=O)(=O)Nc2cc(C(=O)Nc3ccc(O)c(O)c3)ccn2)C1. The fourth-order valence-corrected chi connectivity index (χ4v) is 4.36. The zero-order valence-electron chi connectivity index (χ0n) is 14.8. The molecule has 4 N–H and O–H groups in total. The summed E-state index contributed by atoms with van der Waals surface area (Å²) in [6.45, 7) is 0. The zero-order valence-corrected chi connectivity index (χ0v) is 15.6. The molecule has 0 radical (unpaired) electrons. The number of phenols is 2. The van der Waals surface area contributed by atoms with Crippen LogP contribution in [0.4, 0.5) is 11.5 Å². The summed E-state index contributed by atoms with van der Waals surface area (Å²) in [5.74, 6) is -1.37. The third-order valence-electron chi connectivity index (χ3n) is 4.38. The quantitative estimate of drug-likeness (QED) is 0.439. The van der Waals surface area contributed by atoms with Gasteiger partial charge in [-0.15, -0.1) is 0 Å². The highest BCUT2D eigenvalue weighted by atomic mass is 32.2. The number of ketones is 1. The molecular formula is C18H19N3O6S. The number of phenolic OH excluding ortho intramolecular Hbond substituents is 2. The Morgan fingerprint density at radius 3 is 2.64 bits per heavy atom. The number of carbonyl (C=O) groups excluding carboxylic acids is 2. The van der Waals surface area contributed by atoms with Crippen molar-refractivity contribution in [3.63, 3.8) is 0 Å². The van der Waals surface area contributed by atoms with Gasteiger partial charge in [-0.2, -0.15) is 0 Å². The molecule has 1 aromatic heterocycles. The van der Waals surface area contributed by atoms with Crippen LogP contribution >= 0.6 is 0 Å². The number of sulfonamides is 1. The van der Waals surface area contributed by atoms with E-state index in [1.165, 1.54) is 36.5 Å². The maximum atomic E-state index is 12.5. The van der Waals surface area contributed by atoms with Crippen LogP contribution in [0.1, 0.15) is 36.0 Å². The summed E-state index contributed by atoms with van der Waals surface area (Å²) in [7, 11) is -3.81. The summed E-state index contributed by atoms with van der Waals surface area (Å²) >= 11 is 0. The Hall–Kier alpha value is -3.14. The first-order chi connectivity index (χ1) is 13.2. The lowest BCUT2D eigenvalue weighted by molar-refractivity contribution is -0.120. The van der Waals surface area contributed by atoms with E-state index in [2.05, 4.69) is 15.0 Å².